The van der Waals surface area contributed by atoms with E-state index in [9.17, 15) is 9.59 Å². The zero-order chi connectivity index (χ0) is 15.1. The van der Waals surface area contributed by atoms with Crippen molar-refractivity contribution in [1.82, 2.24) is 4.90 Å². The van der Waals surface area contributed by atoms with Gasteiger partial charge in [0.25, 0.3) is 0 Å². The van der Waals surface area contributed by atoms with Gasteiger partial charge in [-0.25, -0.2) is 4.79 Å². The Hall–Kier alpha value is -2.24. The highest BCUT2D eigenvalue weighted by Gasteiger charge is 2.14. The number of esters is 1. The van der Waals surface area contributed by atoms with Crippen LogP contribution in [0.4, 0.5) is 11.4 Å². The molecule has 0 unspecified atom stereocenters. The van der Waals surface area contributed by atoms with E-state index in [0.29, 0.717) is 23.5 Å². The summed E-state index contributed by atoms with van der Waals surface area (Å²) < 4.78 is 4.97. The fourth-order valence-electron chi connectivity index (χ4n) is 1.58. The number of ether oxygens (including phenoxy) is 1. The zero-order valence-electron chi connectivity index (χ0n) is 12.1. The van der Waals surface area contributed by atoms with E-state index < -0.39 is 5.97 Å². The molecule has 20 heavy (non-hydrogen) atoms. The van der Waals surface area contributed by atoms with Crippen molar-refractivity contribution in [2.45, 2.75) is 13.8 Å². The summed E-state index contributed by atoms with van der Waals surface area (Å²) in [6, 6.07) is 4.87. The van der Waals surface area contributed by atoms with E-state index in [2.05, 4.69) is 5.32 Å². The molecule has 0 aliphatic rings. The molecule has 1 aromatic carbocycles. The van der Waals surface area contributed by atoms with Crippen molar-refractivity contribution in [3.05, 3.63) is 23.8 Å². The highest BCUT2D eigenvalue weighted by Crippen LogP contribution is 2.20. The zero-order valence-corrected chi connectivity index (χ0v) is 12.1. The average molecular weight is 279 g/mol. The third-order valence-electron chi connectivity index (χ3n) is 2.87. The standard InChI is InChI=1S/C14H21N3O3/c1-4-17(3)13(18)9-16-12-7-6-10(15)8-11(12)14(19)20-5-2/h6-8,16H,4-5,9,15H2,1-3H3. The van der Waals surface area contributed by atoms with Crippen LogP contribution in [0.2, 0.25) is 0 Å². The Bertz CT molecular complexity index is 489. The van der Waals surface area contributed by atoms with Crippen LogP contribution < -0.4 is 11.1 Å². The number of nitrogens with zero attached hydrogens (tertiary/aromatic N) is 1. The van der Waals surface area contributed by atoms with E-state index in [1.165, 1.54) is 6.07 Å². The van der Waals surface area contributed by atoms with E-state index in [1.54, 1.807) is 31.0 Å². The SMILES string of the molecule is CCOC(=O)c1cc(N)ccc1NCC(=O)N(C)CC. The predicted octanol–water partition coefficient (Wildman–Crippen LogP) is 1.34. The molecule has 0 aromatic heterocycles. The molecular formula is C14H21N3O3. The highest BCUT2D eigenvalue weighted by atomic mass is 16.5. The first-order valence-electron chi connectivity index (χ1n) is 6.54. The number of nitrogen functional groups attached to an aromatic ring is 1. The number of carbonyl (C=O) groups excluding carboxylic acids is 2. The molecule has 0 aliphatic heterocycles. The molecule has 0 fully saturated rings. The molecular weight excluding hydrogens is 258 g/mol. The van der Waals surface area contributed by atoms with E-state index in [4.69, 9.17) is 10.5 Å². The number of amides is 1. The van der Waals surface area contributed by atoms with Crippen molar-refractivity contribution < 1.29 is 14.3 Å². The third-order valence-corrected chi connectivity index (χ3v) is 2.87. The van der Waals surface area contributed by atoms with Crippen LogP contribution in [0.5, 0.6) is 0 Å². The molecule has 6 nitrogen and oxygen atoms in total. The van der Waals surface area contributed by atoms with Crippen molar-refractivity contribution in [3.8, 4) is 0 Å². The molecule has 0 radical (unpaired) electrons. The van der Waals surface area contributed by atoms with Gasteiger partial charge in [0.1, 0.15) is 0 Å². The number of likely N-dealkylation sites (N-methyl/N-ethyl adjacent to an activating group) is 1. The van der Waals surface area contributed by atoms with Crippen molar-refractivity contribution in [2.24, 2.45) is 0 Å². The topological polar surface area (TPSA) is 84.7 Å². The van der Waals surface area contributed by atoms with Gasteiger partial charge in [-0.05, 0) is 32.0 Å². The minimum Gasteiger partial charge on any atom is -0.462 e. The van der Waals surface area contributed by atoms with Crippen LogP contribution in [0.25, 0.3) is 0 Å². The summed E-state index contributed by atoms with van der Waals surface area (Å²) >= 11 is 0. The van der Waals surface area contributed by atoms with Crippen molar-refractivity contribution in [1.29, 1.82) is 0 Å². The average Bonchev–Trinajstić information content (AvgIpc) is 2.44. The maximum atomic E-state index is 11.8. The number of benzene rings is 1. The Morgan fingerprint density at radius 2 is 2.05 bits per heavy atom. The molecule has 6 heteroatoms. The summed E-state index contributed by atoms with van der Waals surface area (Å²) in [5.74, 6) is -0.516. The number of rotatable bonds is 6. The Labute approximate surface area is 118 Å². The molecule has 3 N–H and O–H groups in total. The number of hydrogen-bond acceptors (Lipinski definition) is 5. The minimum atomic E-state index is -0.460. The number of anilines is 2. The first-order chi connectivity index (χ1) is 9.49. The summed E-state index contributed by atoms with van der Waals surface area (Å²) in [5, 5.41) is 2.95. The van der Waals surface area contributed by atoms with Crippen LogP contribution in [-0.4, -0.2) is 43.5 Å². The highest BCUT2D eigenvalue weighted by molar-refractivity contribution is 5.97. The number of hydrogen-bond donors (Lipinski definition) is 2. The van der Waals surface area contributed by atoms with Crippen molar-refractivity contribution >= 4 is 23.3 Å². The van der Waals surface area contributed by atoms with Gasteiger partial charge < -0.3 is 20.7 Å². The number of nitrogens with two attached hydrogens (primary N) is 1. The third kappa shape index (κ3) is 4.15. The normalized spacial score (nSPS) is 9.95. The largest absolute Gasteiger partial charge is 0.462 e. The summed E-state index contributed by atoms with van der Waals surface area (Å²) in [6.07, 6.45) is 0. The Morgan fingerprint density at radius 3 is 2.65 bits per heavy atom. The van der Waals surface area contributed by atoms with Gasteiger partial charge in [0.2, 0.25) is 5.91 Å². The maximum Gasteiger partial charge on any atom is 0.340 e. The van der Waals surface area contributed by atoms with Gasteiger partial charge >= 0.3 is 5.97 Å². The van der Waals surface area contributed by atoms with Gasteiger partial charge in [-0.3, -0.25) is 4.79 Å². The molecule has 0 aliphatic carbocycles. The predicted molar refractivity (Wildman–Crippen MR) is 78.6 cm³/mol. The molecule has 0 saturated heterocycles. The van der Waals surface area contributed by atoms with Gasteiger partial charge in [-0.15, -0.1) is 0 Å². The molecule has 0 saturated carbocycles. The summed E-state index contributed by atoms with van der Waals surface area (Å²) in [6.45, 7) is 4.65. The molecule has 1 rings (SSSR count). The second-order valence-corrected chi connectivity index (χ2v) is 4.29. The lowest BCUT2D eigenvalue weighted by Gasteiger charge is -2.16. The van der Waals surface area contributed by atoms with Crippen LogP contribution in [0.3, 0.4) is 0 Å². The van der Waals surface area contributed by atoms with E-state index in [0.717, 1.165) is 0 Å². The van der Waals surface area contributed by atoms with Crippen LogP contribution in [-0.2, 0) is 9.53 Å². The number of carbonyl (C=O) groups is 2. The lowest BCUT2D eigenvalue weighted by atomic mass is 10.1. The Kier molecular flexibility index (Phi) is 5.83. The van der Waals surface area contributed by atoms with E-state index in [1.807, 2.05) is 6.92 Å². The second-order valence-electron chi connectivity index (χ2n) is 4.29. The quantitative estimate of drug-likeness (QED) is 0.606. The lowest BCUT2D eigenvalue weighted by Crippen LogP contribution is -2.32. The fraction of sp³-hybridized carbons (Fsp3) is 0.429. The molecule has 0 spiro atoms. The first kappa shape index (κ1) is 15.8. The number of nitrogens with one attached hydrogen (secondary N) is 1. The van der Waals surface area contributed by atoms with Crippen LogP contribution >= 0.6 is 0 Å². The summed E-state index contributed by atoms with van der Waals surface area (Å²) in [7, 11) is 1.72. The molecule has 1 amide bonds. The monoisotopic (exact) mass is 279 g/mol. The summed E-state index contributed by atoms with van der Waals surface area (Å²) in [5.41, 5.74) is 7.01. The molecule has 0 heterocycles. The smallest absolute Gasteiger partial charge is 0.340 e. The van der Waals surface area contributed by atoms with Crippen LogP contribution in [0.15, 0.2) is 18.2 Å². The maximum absolute atomic E-state index is 11.8. The van der Waals surface area contributed by atoms with Crippen LogP contribution in [0, 0.1) is 0 Å². The van der Waals surface area contributed by atoms with Gasteiger partial charge in [0, 0.05) is 25.0 Å². The fourth-order valence-corrected chi connectivity index (χ4v) is 1.58. The van der Waals surface area contributed by atoms with E-state index in [-0.39, 0.29) is 19.1 Å². The van der Waals surface area contributed by atoms with Crippen LogP contribution in [0.1, 0.15) is 24.2 Å². The first-order valence-corrected chi connectivity index (χ1v) is 6.54. The molecule has 1 aromatic rings. The van der Waals surface area contributed by atoms with Crippen molar-refractivity contribution in [2.75, 3.05) is 37.8 Å². The van der Waals surface area contributed by atoms with Gasteiger partial charge in [0.15, 0.2) is 0 Å². The lowest BCUT2D eigenvalue weighted by molar-refractivity contribution is -0.127. The van der Waals surface area contributed by atoms with E-state index >= 15 is 0 Å². The summed E-state index contributed by atoms with van der Waals surface area (Å²) in [4.78, 5) is 25.2. The second kappa shape index (κ2) is 7.37. The van der Waals surface area contributed by atoms with Gasteiger partial charge in [-0.2, -0.15) is 0 Å². The van der Waals surface area contributed by atoms with Gasteiger partial charge in [0.05, 0.1) is 18.7 Å². The van der Waals surface area contributed by atoms with Gasteiger partial charge in [-0.1, -0.05) is 0 Å². The molecule has 110 valence electrons. The molecule has 0 bridgehead atoms. The Morgan fingerprint density at radius 1 is 1.35 bits per heavy atom. The minimum absolute atomic E-state index is 0.0564. The van der Waals surface area contributed by atoms with Crippen molar-refractivity contribution in [3.63, 3.8) is 0 Å². The molecule has 0 atom stereocenters. The Balaban J connectivity index is 2.84.